The molecule has 0 N–H and O–H groups in total. The second kappa shape index (κ2) is 7.84. The van der Waals surface area contributed by atoms with Crippen LogP contribution in [0.15, 0.2) is 41.3 Å². The first kappa shape index (κ1) is 19.2. The molecule has 2 aromatic carbocycles. The summed E-state index contributed by atoms with van der Waals surface area (Å²) in [5.74, 6) is 1.27. The quantitative estimate of drug-likeness (QED) is 0.728. The van der Waals surface area contributed by atoms with Crippen molar-refractivity contribution in [2.45, 2.75) is 11.8 Å². The molecule has 8 heteroatoms. The van der Waals surface area contributed by atoms with Crippen LogP contribution in [0.5, 0.6) is 17.2 Å². The zero-order valence-electron chi connectivity index (χ0n) is 14.4. The van der Waals surface area contributed by atoms with Crippen molar-refractivity contribution >= 4 is 27.3 Å². The highest BCUT2D eigenvalue weighted by Crippen LogP contribution is 2.34. The Balaban J connectivity index is 2.50. The van der Waals surface area contributed by atoms with Gasteiger partial charge in [-0.25, -0.2) is 8.42 Å². The van der Waals surface area contributed by atoms with Crippen molar-refractivity contribution in [2.75, 3.05) is 32.2 Å². The van der Waals surface area contributed by atoms with Gasteiger partial charge in [-0.2, -0.15) is 0 Å². The van der Waals surface area contributed by atoms with Gasteiger partial charge in [-0.05, 0) is 37.3 Å². The van der Waals surface area contributed by atoms with Gasteiger partial charge in [-0.3, -0.25) is 4.31 Å². The van der Waals surface area contributed by atoms with Crippen LogP contribution >= 0.6 is 11.6 Å². The molecule has 0 heterocycles. The van der Waals surface area contributed by atoms with Crippen LogP contribution in [-0.2, 0) is 10.0 Å². The second-order valence-corrected chi connectivity index (χ2v) is 7.27. The average Bonchev–Trinajstić information content (AvgIpc) is 2.61. The van der Waals surface area contributed by atoms with Gasteiger partial charge in [0.25, 0.3) is 10.0 Å². The monoisotopic (exact) mass is 385 g/mol. The van der Waals surface area contributed by atoms with Crippen molar-refractivity contribution in [3.8, 4) is 17.2 Å². The summed E-state index contributed by atoms with van der Waals surface area (Å²) < 4.78 is 42.8. The lowest BCUT2D eigenvalue weighted by molar-refractivity contribution is 0.354. The van der Waals surface area contributed by atoms with Gasteiger partial charge >= 0.3 is 0 Å². The lowest BCUT2D eigenvalue weighted by Crippen LogP contribution is -2.30. The van der Waals surface area contributed by atoms with E-state index in [0.717, 1.165) is 0 Å². The summed E-state index contributed by atoms with van der Waals surface area (Å²) in [4.78, 5) is 0.0962. The fourth-order valence-corrected chi connectivity index (χ4v) is 4.14. The molecule has 2 rings (SSSR count). The number of rotatable bonds is 7. The smallest absolute Gasteiger partial charge is 0.264 e. The SMILES string of the molecule is CCN(c1ccc(OC)c(Cl)c1)S(=O)(=O)c1ccc(OC)c(OC)c1. The van der Waals surface area contributed by atoms with E-state index in [0.29, 0.717) is 28.0 Å². The van der Waals surface area contributed by atoms with E-state index in [2.05, 4.69) is 0 Å². The molecule has 0 saturated heterocycles. The third-order valence-electron chi connectivity index (χ3n) is 3.65. The predicted molar refractivity (Wildman–Crippen MR) is 97.8 cm³/mol. The summed E-state index contributed by atoms with van der Waals surface area (Å²) in [6.07, 6.45) is 0. The maximum Gasteiger partial charge on any atom is 0.264 e. The highest BCUT2D eigenvalue weighted by molar-refractivity contribution is 7.92. The van der Waals surface area contributed by atoms with Gasteiger partial charge in [0.15, 0.2) is 11.5 Å². The number of hydrogen-bond acceptors (Lipinski definition) is 5. The summed E-state index contributed by atoms with van der Waals surface area (Å²) >= 11 is 6.13. The summed E-state index contributed by atoms with van der Waals surface area (Å²) in [5, 5.41) is 0.334. The summed E-state index contributed by atoms with van der Waals surface area (Å²) in [7, 11) is 0.642. The average molecular weight is 386 g/mol. The van der Waals surface area contributed by atoms with Crippen molar-refractivity contribution in [1.29, 1.82) is 0 Å². The molecule has 0 aromatic heterocycles. The molecule has 0 bridgehead atoms. The Labute approximate surface area is 152 Å². The molecule has 0 amide bonds. The van der Waals surface area contributed by atoms with E-state index < -0.39 is 10.0 Å². The molecule has 2 aromatic rings. The number of ether oxygens (including phenoxy) is 3. The van der Waals surface area contributed by atoms with E-state index in [1.54, 1.807) is 31.2 Å². The molecule has 136 valence electrons. The van der Waals surface area contributed by atoms with Crippen molar-refractivity contribution in [1.82, 2.24) is 0 Å². The van der Waals surface area contributed by atoms with Crippen molar-refractivity contribution in [3.63, 3.8) is 0 Å². The summed E-state index contributed by atoms with van der Waals surface area (Å²) in [6, 6.07) is 9.30. The Hall–Kier alpha value is -2.12. The first-order valence-corrected chi connectivity index (χ1v) is 9.29. The molecule has 6 nitrogen and oxygen atoms in total. The van der Waals surface area contributed by atoms with Gasteiger partial charge in [0.2, 0.25) is 0 Å². The number of benzene rings is 2. The third kappa shape index (κ3) is 3.77. The van der Waals surface area contributed by atoms with Crippen LogP contribution in [0.25, 0.3) is 0 Å². The molecule has 0 fully saturated rings. The Bertz CT molecular complexity index is 854. The molecule has 0 spiro atoms. The minimum absolute atomic E-state index is 0.0962. The lowest BCUT2D eigenvalue weighted by atomic mass is 10.3. The number of anilines is 1. The maximum absolute atomic E-state index is 13.1. The first-order chi connectivity index (χ1) is 11.9. The van der Waals surface area contributed by atoms with Crippen molar-refractivity contribution in [3.05, 3.63) is 41.4 Å². The van der Waals surface area contributed by atoms with Gasteiger partial charge in [-0.15, -0.1) is 0 Å². The largest absolute Gasteiger partial charge is 0.495 e. The van der Waals surface area contributed by atoms with E-state index in [1.807, 2.05) is 0 Å². The zero-order chi connectivity index (χ0) is 18.6. The first-order valence-electron chi connectivity index (χ1n) is 7.47. The lowest BCUT2D eigenvalue weighted by Gasteiger charge is -2.24. The summed E-state index contributed by atoms with van der Waals surface area (Å²) in [6.45, 7) is 1.98. The van der Waals surface area contributed by atoms with Gasteiger partial charge in [-0.1, -0.05) is 11.6 Å². The number of sulfonamides is 1. The van der Waals surface area contributed by atoms with Gasteiger partial charge in [0.05, 0.1) is 36.9 Å². The van der Waals surface area contributed by atoms with E-state index in [1.165, 1.54) is 37.8 Å². The second-order valence-electron chi connectivity index (χ2n) is 5.01. The minimum atomic E-state index is -3.80. The normalized spacial score (nSPS) is 11.1. The van der Waals surface area contributed by atoms with Gasteiger partial charge < -0.3 is 14.2 Å². The highest BCUT2D eigenvalue weighted by atomic mass is 35.5. The molecule has 25 heavy (non-hydrogen) atoms. The standard InChI is InChI=1S/C17H20ClNO5S/c1-5-19(12-6-8-15(22-2)14(18)10-12)25(20,21)13-7-9-16(23-3)17(11-13)24-4/h6-11H,5H2,1-4H3. The highest BCUT2D eigenvalue weighted by Gasteiger charge is 2.25. The number of hydrogen-bond donors (Lipinski definition) is 0. The van der Waals surface area contributed by atoms with Crippen LogP contribution in [0.3, 0.4) is 0 Å². The van der Waals surface area contributed by atoms with Crippen molar-refractivity contribution in [2.24, 2.45) is 0 Å². The van der Waals surface area contributed by atoms with E-state index >= 15 is 0 Å². The maximum atomic E-state index is 13.1. The minimum Gasteiger partial charge on any atom is -0.495 e. The fourth-order valence-electron chi connectivity index (χ4n) is 2.41. The fraction of sp³-hybridized carbons (Fsp3) is 0.294. The molecule has 0 aliphatic rings. The van der Waals surface area contributed by atoms with Gasteiger partial charge in [0, 0.05) is 12.6 Å². The van der Waals surface area contributed by atoms with Crippen molar-refractivity contribution < 1.29 is 22.6 Å². The zero-order valence-corrected chi connectivity index (χ0v) is 16.0. The molecule has 0 aliphatic carbocycles. The molecular weight excluding hydrogens is 366 g/mol. The molecule has 0 radical (unpaired) electrons. The van der Waals surface area contributed by atoms with Crippen LogP contribution < -0.4 is 18.5 Å². The third-order valence-corrected chi connectivity index (χ3v) is 5.85. The Kier molecular flexibility index (Phi) is 6.02. The van der Waals surface area contributed by atoms with Crippen LogP contribution in [0.1, 0.15) is 6.92 Å². The van der Waals surface area contributed by atoms with Crippen LogP contribution in [0.4, 0.5) is 5.69 Å². The van der Waals surface area contributed by atoms with E-state index in [-0.39, 0.29) is 11.4 Å². The molecule has 0 saturated carbocycles. The Morgan fingerprint density at radius 3 is 2.04 bits per heavy atom. The molecular formula is C17H20ClNO5S. The predicted octanol–water partition coefficient (Wildman–Crippen LogP) is 3.58. The number of halogens is 1. The van der Waals surface area contributed by atoms with E-state index in [4.69, 9.17) is 25.8 Å². The van der Waals surface area contributed by atoms with Crippen LogP contribution in [-0.4, -0.2) is 36.3 Å². The Morgan fingerprint density at radius 1 is 0.920 bits per heavy atom. The topological polar surface area (TPSA) is 65.1 Å². The summed E-state index contributed by atoms with van der Waals surface area (Å²) in [5.41, 5.74) is 0.447. The molecule has 0 unspecified atom stereocenters. The number of methoxy groups -OCH3 is 3. The van der Waals surface area contributed by atoms with E-state index in [9.17, 15) is 8.42 Å². The van der Waals surface area contributed by atoms with Crippen LogP contribution in [0.2, 0.25) is 5.02 Å². The molecule has 0 aliphatic heterocycles. The number of nitrogens with zero attached hydrogens (tertiary/aromatic N) is 1. The Morgan fingerprint density at radius 2 is 1.52 bits per heavy atom. The van der Waals surface area contributed by atoms with Gasteiger partial charge in [0.1, 0.15) is 5.75 Å². The van der Waals surface area contributed by atoms with Crippen LogP contribution in [0, 0.1) is 0 Å². The molecule has 0 atom stereocenters.